The minimum absolute atomic E-state index is 0.00956. The number of amides is 1. The predicted molar refractivity (Wildman–Crippen MR) is 148 cm³/mol. The summed E-state index contributed by atoms with van der Waals surface area (Å²) in [7, 11) is 1.72. The van der Waals surface area contributed by atoms with Crippen molar-refractivity contribution in [3.05, 3.63) is 29.6 Å². The molecule has 1 saturated carbocycles. The van der Waals surface area contributed by atoms with Crippen molar-refractivity contribution >= 4 is 22.7 Å². The van der Waals surface area contributed by atoms with Crippen LogP contribution in [0.25, 0.3) is 11.0 Å². The first-order chi connectivity index (χ1) is 17.9. The van der Waals surface area contributed by atoms with Crippen molar-refractivity contribution in [2.45, 2.75) is 84.7 Å². The minimum atomic E-state index is -0.0214. The number of ketones is 1. The van der Waals surface area contributed by atoms with E-state index in [2.05, 4.69) is 42.8 Å². The van der Waals surface area contributed by atoms with Gasteiger partial charge in [-0.1, -0.05) is 39.2 Å². The van der Waals surface area contributed by atoms with Crippen molar-refractivity contribution in [3.63, 3.8) is 0 Å². The molecule has 2 fully saturated rings. The summed E-state index contributed by atoms with van der Waals surface area (Å²) in [6.45, 7) is 9.92. The largest absolute Gasteiger partial charge is 0.385 e. The summed E-state index contributed by atoms with van der Waals surface area (Å²) in [5, 5.41) is 3.51. The van der Waals surface area contributed by atoms with E-state index in [1.807, 2.05) is 11.0 Å². The SMILES string of the molecule is COCCCCn1c(C(=O)N(CC(C)C)C2CNCC(C(=O)C3CCCCC3)C2)nc2ccc(C)cc21. The number of unbranched alkanes of at least 4 members (excludes halogenated alkanes) is 1. The number of nitrogens with one attached hydrogen (secondary N) is 1. The van der Waals surface area contributed by atoms with Gasteiger partial charge in [-0.05, 0) is 62.6 Å². The van der Waals surface area contributed by atoms with Crippen LogP contribution in [0.3, 0.4) is 0 Å². The number of Topliss-reactive ketones (excluding diaryl/α,β-unsaturated/α-hetero) is 1. The van der Waals surface area contributed by atoms with Crippen LogP contribution in [0.15, 0.2) is 18.2 Å². The number of imidazole rings is 1. The highest BCUT2D eigenvalue weighted by Crippen LogP contribution is 2.30. The van der Waals surface area contributed by atoms with E-state index in [-0.39, 0.29) is 23.8 Å². The number of rotatable bonds is 11. The van der Waals surface area contributed by atoms with Crippen LogP contribution >= 0.6 is 0 Å². The lowest BCUT2D eigenvalue weighted by Crippen LogP contribution is -2.54. The second-order valence-electron chi connectivity index (χ2n) is 11.6. The van der Waals surface area contributed by atoms with Crippen LogP contribution in [0, 0.1) is 24.7 Å². The van der Waals surface area contributed by atoms with Gasteiger partial charge in [-0.15, -0.1) is 0 Å². The first kappa shape index (κ1) is 27.8. The van der Waals surface area contributed by atoms with Gasteiger partial charge in [0.1, 0.15) is 5.78 Å². The molecule has 37 heavy (non-hydrogen) atoms. The summed E-state index contributed by atoms with van der Waals surface area (Å²) in [5.74, 6) is 1.41. The van der Waals surface area contributed by atoms with E-state index in [4.69, 9.17) is 9.72 Å². The van der Waals surface area contributed by atoms with Gasteiger partial charge in [0.15, 0.2) is 5.82 Å². The fourth-order valence-corrected chi connectivity index (χ4v) is 6.15. The number of benzene rings is 1. The Bertz CT molecular complexity index is 1060. The van der Waals surface area contributed by atoms with Crippen LogP contribution in [0.5, 0.6) is 0 Å². The van der Waals surface area contributed by atoms with Crippen molar-refractivity contribution in [2.75, 3.05) is 33.4 Å². The monoisotopic (exact) mass is 510 g/mol. The number of aromatic nitrogens is 2. The highest BCUT2D eigenvalue weighted by molar-refractivity contribution is 5.95. The number of aryl methyl sites for hydroxylation is 2. The second-order valence-corrected chi connectivity index (χ2v) is 11.6. The fourth-order valence-electron chi connectivity index (χ4n) is 6.15. The van der Waals surface area contributed by atoms with Crippen LogP contribution in [-0.2, 0) is 16.1 Å². The smallest absolute Gasteiger partial charge is 0.290 e. The van der Waals surface area contributed by atoms with Crippen LogP contribution in [0.2, 0.25) is 0 Å². The predicted octanol–water partition coefficient (Wildman–Crippen LogP) is 5.00. The number of hydrogen-bond acceptors (Lipinski definition) is 5. The Labute approximate surface area is 222 Å². The van der Waals surface area contributed by atoms with Gasteiger partial charge in [0, 0.05) is 57.8 Å². The molecule has 2 heterocycles. The van der Waals surface area contributed by atoms with Gasteiger partial charge in [0.05, 0.1) is 11.0 Å². The molecule has 1 amide bonds. The maximum atomic E-state index is 14.2. The van der Waals surface area contributed by atoms with Gasteiger partial charge < -0.3 is 19.5 Å². The first-order valence-corrected chi connectivity index (χ1v) is 14.4. The normalized spacial score (nSPS) is 21.0. The van der Waals surface area contributed by atoms with Crippen LogP contribution in [-0.4, -0.2) is 65.5 Å². The van der Waals surface area contributed by atoms with Crippen molar-refractivity contribution in [3.8, 4) is 0 Å². The number of carbonyl (C=O) groups is 2. The molecule has 7 nitrogen and oxygen atoms in total. The molecule has 0 radical (unpaired) electrons. The lowest BCUT2D eigenvalue weighted by atomic mass is 9.78. The van der Waals surface area contributed by atoms with E-state index in [1.54, 1.807) is 7.11 Å². The first-order valence-electron chi connectivity index (χ1n) is 14.4. The molecule has 2 aromatic rings. The van der Waals surface area contributed by atoms with Gasteiger partial charge in [-0.25, -0.2) is 4.98 Å². The molecule has 204 valence electrons. The summed E-state index contributed by atoms with van der Waals surface area (Å²) in [6.07, 6.45) is 8.23. The summed E-state index contributed by atoms with van der Waals surface area (Å²) >= 11 is 0. The molecule has 1 aromatic heterocycles. The van der Waals surface area contributed by atoms with Crippen molar-refractivity contribution in [2.24, 2.45) is 17.8 Å². The third-order valence-corrected chi connectivity index (χ3v) is 8.08. The highest BCUT2D eigenvalue weighted by Gasteiger charge is 2.37. The Balaban J connectivity index is 1.59. The molecule has 2 aliphatic rings. The Morgan fingerprint density at radius 1 is 1.14 bits per heavy atom. The van der Waals surface area contributed by atoms with E-state index in [0.717, 1.165) is 81.2 Å². The lowest BCUT2D eigenvalue weighted by Gasteiger charge is -2.39. The van der Waals surface area contributed by atoms with E-state index >= 15 is 0 Å². The Morgan fingerprint density at radius 3 is 2.65 bits per heavy atom. The minimum Gasteiger partial charge on any atom is -0.385 e. The van der Waals surface area contributed by atoms with Crippen molar-refractivity contribution in [1.29, 1.82) is 0 Å². The average Bonchev–Trinajstić information content (AvgIpc) is 3.27. The molecule has 1 N–H and O–H groups in total. The van der Waals surface area contributed by atoms with Gasteiger partial charge in [0.2, 0.25) is 0 Å². The number of methoxy groups -OCH3 is 1. The molecule has 0 spiro atoms. The van der Waals surface area contributed by atoms with Gasteiger partial charge in [-0.3, -0.25) is 9.59 Å². The molecule has 1 aromatic carbocycles. The Kier molecular flexibility index (Phi) is 9.77. The maximum absolute atomic E-state index is 14.2. The molecular weight excluding hydrogens is 464 g/mol. The summed E-state index contributed by atoms with van der Waals surface area (Å²) in [6, 6.07) is 6.19. The number of carbonyl (C=O) groups excluding carboxylic acids is 2. The molecule has 1 saturated heterocycles. The summed E-state index contributed by atoms with van der Waals surface area (Å²) in [4.78, 5) is 34.5. The van der Waals surface area contributed by atoms with E-state index in [1.165, 1.54) is 6.42 Å². The topological polar surface area (TPSA) is 76.5 Å². The molecule has 4 rings (SSSR count). The zero-order valence-electron chi connectivity index (χ0n) is 23.3. The fraction of sp³-hybridized carbons (Fsp3) is 0.700. The third-order valence-electron chi connectivity index (χ3n) is 8.08. The molecule has 7 heteroatoms. The molecule has 2 unspecified atom stereocenters. The molecule has 1 aliphatic carbocycles. The van der Waals surface area contributed by atoms with Gasteiger partial charge in [0.25, 0.3) is 5.91 Å². The average molecular weight is 511 g/mol. The molecule has 1 aliphatic heterocycles. The zero-order chi connectivity index (χ0) is 26.4. The number of hydrogen-bond donors (Lipinski definition) is 1. The van der Waals surface area contributed by atoms with E-state index in [0.29, 0.717) is 30.7 Å². The highest BCUT2D eigenvalue weighted by atomic mass is 16.5. The second kappa shape index (κ2) is 13.0. The van der Waals surface area contributed by atoms with Crippen LogP contribution < -0.4 is 5.32 Å². The molecule has 0 bridgehead atoms. The maximum Gasteiger partial charge on any atom is 0.290 e. The quantitative estimate of drug-likeness (QED) is 0.431. The number of fused-ring (bicyclic) bond motifs is 1. The Morgan fingerprint density at radius 2 is 1.92 bits per heavy atom. The van der Waals surface area contributed by atoms with Crippen molar-refractivity contribution in [1.82, 2.24) is 19.8 Å². The van der Waals surface area contributed by atoms with Crippen molar-refractivity contribution < 1.29 is 14.3 Å². The van der Waals surface area contributed by atoms with Gasteiger partial charge in [-0.2, -0.15) is 0 Å². The van der Waals surface area contributed by atoms with Gasteiger partial charge >= 0.3 is 0 Å². The van der Waals surface area contributed by atoms with E-state index in [9.17, 15) is 9.59 Å². The summed E-state index contributed by atoms with van der Waals surface area (Å²) in [5.41, 5.74) is 3.03. The lowest BCUT2D eigenvalue weighted by molar-refractivity contribution is -0.128. The number of ether oxygens (including phenoxy) is 1. The van der Waals surface area contributed by atoms with Crippen LogP contribution in [0.1, 0.15) is 81.4 Å². The third kappa shape index (κ3) is 6.80. The number of piperidine rings is 1. The summed E-state index contributed by atoms with van der Waals surface area (Å²) < 4.78 is 7.35. The zero-order valence-corrected chi connectivity index (χ0v) is 23.3. The van der Waals surface area contributed by atoms with Crippen LogP contribution in [0.4, 0.5) is 0 Å². The van der Waals surface area contributed by atoms with E-state index < -0.39 is 0 Å². The Hall–Kier alpha value is -2.25. The standard InChI is InChI=1S/C30H46N4O3/c1-21(2)20-34(25-17-24(18-31-19-25)28(35)23-10-6-5-7-11-23)30(36)29-32-26-13-12-22(3)16-27(26)33(29)14-8-9-15-37-4/h12-13,16,21,23-25,31H,5-11,14-15,17-20H2,1-4H3. The molecular formula is C30H46N4O3. The number of nitrogens with zero attached hydrogens (tertiary/aromatic N) is 3. The molecule has 2 atom stereocenters.